The van der Waals surface area contributed by atoms with E-state index in [2.05, 4.69) is 6.92 Å². The summed E-state index contributed by atoms with van der Waals surface area (Å²) < 4.78 is 20.2. The van der Waals surface area contributed by atoms with Crippen LogP contribution in [0.4, 0.5) is 4.39 Å². The summed E-state index contributed by atoms with van der Waals surface area (Å²) in [5.41, 5.74) is 4.82. The average Bonchev–Trinajstić information content (AvgIpc) is 3.17. The molecule has 1 aliphatic carbocycles. The van der Waals surface area contributed by atoms with Gasteiger partial charge >= 0.3 is 7.12 Å². The highest BCUT2D eigenvalue weighted by atomic mass is 19.1. The fraction of sp³-hybridized carbons (Fsp3) is 0.419. The van der Waals surface area contributed by atoms with Crippen molar-refractivity contribution in [1.29, 1.82) is 0 Å². The first-order valence-corrected chi connectivity index (χ1v) is 14.0. The molecule has 2 heterocycles. The van der Waals surface area contributed by atoms with Crippen LogP contribution in [0.2, 0.25) is 6.32 Å². The van der Waals surface area contributed by atoms with Gasteiger partial charge in [0.25, 0.3) is 0 Å². The van der Waals surface area contributed by atoms with Gasteiger partial charge in [0, 0.05) is 6.54 Å². The molecule has 8 heteroatoms. The van der Waals surface area contributed by atoms with Crippen molar-refractivity contribution >= 4 is 30.6 Å². The number of amides is 2. The molecule has 2 aliphatic heterocycles. The monoisotopic (exact) mass is 531 g/mol. The number of phenolic OH excluding ortho intramolecular Hbond substituents is 1. The lowest BCUT2D eigenvalue weighted by molar-refractivity contribution is -0.140. The van der Waals surface area contributed by atoms with E-state index in [0.29, 0.717) is 37.7 Å². The van der Waals surface area contributed by atoms with E-state index < -0.39 is 24.6 Å². The highest BCUT2D eigenvalue weighted by Crippen LogP contribution is 2.51. The molecule has 2 amide bonds. The summed E-state index contributed by atoms with van der Waals surface area (Å²) in [6.07, 6.45) is 5.01. The highest BCUT2D eigenvalue weighted by Gasteiger charge is 2.56. The standard InChI is InChI=1S/C31H35BFNO5/c1-3-14-34-30(36)23-17-20(4-2)28-24(29(23)31(34)37)18-32(38)39-27(28)13-11-22(21-8-6-5-7-9-21)15-19-10-12-26(35)25(33)16-19/h5-10,12,15-16,23-24,27,29,35,38H,3-4,11,13-14,17-18H2,1-2H3/b22-15-/t23-,24+,27-,29-/m1/s1. The quantitative estimate of drug-likeness (QED) is 0.204. The molecule has 2 aromatic rings. The molecule has 0 saturated carbocycles. The first kappa shape index (κ1) is 27.3. The van der Waals surface area contributed by atoms with Crippen molar-refractivity contribution in [1.82, 2.24) is 4.90 Å². The number of hydrogen-bond acceptors (Lipinski definition) is 5. The Hall–Kier alpha value is -3.23. The Bertz CT molecular complexity index is 1310. The summed E-state index contributed by atoms with van der Waals surface area (Å²) >= 11 is 0. The third kappa shape index (κ3) is 5.32. The number of allylic oxidation sites excluding steroid dienone is 2. The number of likely N-dealkylation sites (tertiary alicyclic amines) is 1. The number of hydrogen-bond donors (Lipinski definition) is 2. The lowest BCUT2D eigenvalue weighted by Gasteiger charge is -2.43. The minimum absolute atomic E-state index is 0.0789. The van der Waals surface area contributed by atoms with Crippen LogP contribution in [0.3, 0.4) is 0 Å². The second kappa shape index (κ2) is 11.5. The molecule has 2 N–H and O–H groups in total. The molecule has 0 bridgehead atoms. The molecule has 2 aromatic carbocycles. The molecule has 4 atom stereocenters. The van der Waals surface area contributed by atoms with Gasteiger partial charge < -0.3 is 14.8 Å². The second-order valence-corrected chi connectivity index (χ2v) is 10.8. The lowest BCUT2D eigenvalue weighted by atomic mass is 9.58. The van der Waals surface area contributed by atoms with Gasteiger partial charge in [-0.3, -0.25) is 14.5 Å². The Morgan fingerprint density at radius 2 is 1.90 bits per heavy atom. The van der Waals surface area contributed by atoms with Crippen molar-refractivity contribution in [3.8, 4) is 5.75 Å². The van der Waals surface area contributed by atoms with E-state index in [1.165, 1.54) is 17.0 Å². The molecule has 204 valence electrons. The second-order valence-electron chi connectivity index (χ2n) is 10.8. The van der Waals surface area contributed by atoms with Gasteiger partial charge in [-0.2, -0.15) is 0 Å². The first-order valence-electron chi connectivity index (χ1n) is 14.0. The summed E-state index contributed by atoms with van der Waals surface area (Å²) in [4.78, 5) is 28.0. The summed E-state index contributed by atoms with van der Waals surface area (Å²) in [6, 6.07) is 14.1. The maximum Gasteiger partial charge on any atom is 0.455 e. The molecular formula is C31H35BFNO5. The summed E-state index contributed by atoms with van der Waals surface area (Å²) in [5, 5.41) is 20.4. The van der Waals surface area contributed by atoms with Crippen LogP contribution >= 0.6 is 0 Å². The van der Waals surface area contributed by atoms with Crippen LogP contribution in [0.5, 0.6) is 5.75 Å². The normalized spacial score (nSPS) is 25.3. The van der Waals surface area contributed by atoms with Gasteiger partial charge in [-0.1, -0.05) is 61.9 Å². The average molecular weight is 531 g/mol. The number of phenols is 1. The molecule has 39 heavy (non-hydrogen) atoms. The number of halogens is 1. The minimum Gasteiger partial charge on any atom is -0.505 e. The molecule has 2 fully saturated rings. The lowest BCUT2D eigenvalue weighted by Crippen LogP contribution is -2.46. The van der Waals surface area contributed by atoms with Crippen LogP contribution in [0.25, 0.3) is 11.6 Å². The summed E-state index contributed by atoms with van der Waals surface area (Å²) in [5.74, 6) is -2.29. The van der Waals surface area contributed by atoms with Crippen molar-refractivity contribution in [3.05, 3.63) is 76.6 Å². The molecule has 0 spiro atoms. The van der Waals surface area contributed by atoms with E-state index >= 15 is 0 Å². The molecule has 0 aromatic heterocycles. The summed E-state index contributed by atoms with van der Waals surface area (Å²) in [7, 11) is -1.01. The van der Waals surface area contributed by atoms with Crippen molar-refractivity contribution in [2.24, 2.45) is 17.8 Å². The van der Waals surface area contributed by atoms with E-state index in [0.717, 1.165) is 35.1 Å². The van der Waals surface area contributed by atoms with Crippen LogP contribution in [0.15, 0.2) is 59.7 Å². The molecule has 5 rings (SSSR count). The molecule has 0 radical (unpaired) electrons. The number of benzene rings is 2. The summed E-state index contributed by atoms with van der Waals surface area (Å²) in [6.45, 7) is 4.46. The molecule has 2 saturated heterocycles. The van der Waals surface area contributed by atoms with Crippen molar-refractivity contribution in [2.45, 2.75) is 58.4 Å². The third-order valence-corrected chi connectivity index (χ3v) is 8.41. The van der Waals surface area contributed by atoms with Crippen LogP contribution in [0.1, 0.15) is 57.1 Å². The predicted octanol–water partition coefficient (Wildman–Crippen LogP) is 5.47. The van der Waals surface area contributed by atoms with E-state index in [1.807, 2.05) is 43.3 Å². The van der Waals surface area contributed by atoms with Gasteiger partial charge in [-0.25, -0.2) is 4.39 Å². The van der Waals surface area contributed by atoms with Crippen LogP contribution in [-0.4, -0.2) is 46.6 Å². The highest BCUT2D eigenvalue weighted by molar-refractivity contribution is 6.43. The molecule has 0 unspecified atom stereocenters. The largest absolute Gasteiger partial charge is 0.505 e. The number of nitrogens with zero attached hydrogens (tertiary/aromatic N) is 1. The van der Waals surface area contributed by atoms with Gasteiger partial charge in [0.15, 0.2) is 11.6 Å². The zero-order valence-corrected chi connectivity index (χ0v) is 22.5. The van der Waals surface area contributed by atoms with Gasteiger partial charge in [0.05, 0.1) is 17.9 Å². The predicted molar refractivity (Wildman–Crippen MR) is 149 cm³/mol. The van der Waals surface area contributed by atoms with Crippen LogP contribution in [-0.2, 0) is 14.2 Å². The van der Waals surface area contributed by atoms with Crippen molar-refractivity contribution in [3.63, 3.8) is 0 Å². The van der Waals surface area contributed by atoms with Crippen LogP contribution in [0, 0.1) is 23.6 Å². The van der Waals surface area contributed by atoms with E-state index in [-0.39, 0.29) is 29.8 Å². The number of carbonyl (C=O) groups excluding carboxylic acids is 2. The zero-order valence-electron chi connectivity index (χ0n) is 22.5. The maximum absolute atomic E-state index is 14.1. The van der Waals surface area contributed by atoms with Crippen LogP contribution < -0.4 is 0 Å². The Kier molecular flexibility index (Phi) is 8.05. The number of imide groups is 1. The van der Waals surface area contributed by atoms with Gasteiger partial charge in [-0.15, -0.1) is 0 Å². The van der Waals surface area contributed by atoms with Gasteiger partial charge in [0.2, 0.25) is 11.8 Å². The van der Waals surface area contributed by atoms with Crippen molar-refractivity contribution < 1.29 is 28.8 Å². The molecular weight excluding hydrogens is 496 g/mol. The Morgan fingerprint density at radius 3 is 2.59 bits per heavy atom. The fourth-order valence-corrected chi connectivity index (χ4v) is 6.66. The maximum atomic E-state index is 14.1. The number of carbonyl (C=O) groups is 2. The smallest absolute Gasteiger partial charge is 0.455 e. The minimum atomic E-state index is -1.01. The number of fused-ring (bicyclic) bond motifs is 3. The van der Waals surface area contributed by atoms with Crippen molar-refractivity contribution in [2.75, 3.05) is 6.54 Å². The molecule has 6 nitrogen and oxygen atoms in total. The Morgan fingerprint density at radius 1 is 1.13 bits per heavy atom. The number of rotatable bonds is 8. The number of aromatic hydroxyl groups is 1. The SMILES string of the molecule is CCCN1C(=O)[C@@H]2[C@@H](CC(CC)=C3[C@@H](CC/C(=C/c4ccc(O)c(F)c4)c4ccccc4)OB(O)C[C@@H]32)C1=O. The van der Waals surface area contributed by atoms with E-state index in [9.17, 15) is 24.1 Å². The Labute approximate surface area is 229 Å². The van der Waals surface area contributed by atoms with Gasteiger partial charge in [-0.05, 0) is 78.7 Å². The topological polar surface area (TPSA) is 87.1 Å². The van der Waals surface area contributed by atoms with E-state index in [1.54, 1.807) is 6.07 Å². The Balaban J connectivity index is 1.46. The zero-order chi connectivity index (χ0) is 27.7. The fourth-order valence-electron chi connectivity index (χ4n) is 6.66. The first-order chi connectivity index (χ1) is 18.8. The van der Waals surface area contributed by atoms with Gasteiger partial charge in [0.1, 0.15) is 0 Å². The third-order valence-electron chi connectivity index (χ3n) is 8.41. The van der Waals surface area contributed by atoms with E-state index in [4.69, 9.17) is 4.65 Å². The molecule has 3 aliphatic rings.